The molecule has 0 saturated carbocycles. The van der Waals surface area contributed by atoms with Crippen LogP contribution in [0.1, 0.15) is 12.5 Å². The number of carbonyl (C=O) groups is 2. The van der Waals surface area contributed by atoms with Gasteiger partial charge in [0.15, 0.2) is 5.58 Å². The highest BCUT2D eigenvalue weighted by atomic mass is 19.1. The van der Waals surface area contributed by atoms with Crippen molar-refractivity contribution in [2.75, 3.05) is 29.9 Å². The van der Waals surface area contributed by atoms with Crippen LogP contribution in [-0.2, 0) is 9.59 Å². The predicted molar refractivity (Wildman–Crippen MR) is 110 cm³/mol. The van der Waals surface area contributed by atoms with Crippen molar-refractivity contribution in [3.05, 3.63) is 58.3 Å². The van der Waals surface area contributed by atoms with Crippen molar-refractivity contribution >= 4 is 34.3 Å². The Kier molecular flexibility index (Phi) is 5.03. The average molecular weight is 412 g/mol. The maximum Gasteiger partial charge on any atom is 0.417 e. The van der Waals surface area contributed by atoms with E-state index in [2.05, 4.69) is 15.2 Å². The minimum atomic E-state index is -0.759. The zero-order valence-electron chi connectivity index (χ0n) is 16.6. The number of fused-ring (bicyclic) bond motifs is 1. The molecule has 8 nitrogen and oxygen atoms in total. The number of piperazine rings is 1. The molecule has 0 spiro atoms. The van der Waals surface area contributed by atoms with E-state index in [9.17, 15) is 18.8 Å². The molecule has 0 bridgehead atoms. The summed E-state index contributed by atoms with van der Waals surface area (Å²) in [6.45, 7) is 4.94. The molecule has 1 aromatic heterocycles. The first kappa shape index (κ1) is 19.7. The zero-order valence-corrected chi connectivity index (χ0v) is 16.6. The van der Waals surface area contributed by atoms with E-state index in [-0.39, 0.29) is 11.9 Å². The number of rotatable bonds is 2. The molecule has 1 saturated heterocycles. The number of nitrogens with zero attached hydrogens (tertiary/aromatic N) is 2. The Balaban J connectivity index is 1.41. The summed E-state index contributed by atoms with van der Waals surface area (Å²) in [5.41, 5.74) is 2.61. The molecule has 1 aliphatic rings. The van der Waals surface area contributed by atoms with E-state index in [0.717, 1.165) is 5.69 Å². The number of aromatic amines is 1. The fourth-order valence-electron chi connectivity index (χ4n) is 3.68. The van der Waals surface area contributed by atoms with E-state index in [4.69, 9.17) is 4.42 Å². The first-order chi connectivity index (χ1) is 14.3. The van der Waals surface area contributed by atoms with Crippen molar-refractivity contribution in [2.24, 2.45) is 0 Å². The summed E-state index contributed by atoms with van der Waals surface area (Å²) < 4.78 is 18.5. The van der Waals surface area contributed by atoms with Crippen molar-refractivity contribution in [2.45, 2.75) is 19.9 Å². The van der Waals surface area contributed by atoms with Crippen LogP contribution in [0.15, 0.2) is 45.6 Å². The standard InChI is InChI=1S/C21H21FN4O4/c1-12-9-15(4-5-16(12)22)26-8-7-25(11-13(26)2)20(28)19(27)23-14-3-6-17-18(10-14)30-21(29)24-17/h3-6,9-10,13H,7-8,11H2,1-2H3,(H,23,27)(H,24,29)/t13-/m1/s1. The lowest BCUT2D eigenvalue weighted by Crippen LogP contribution is -2.55. The molecule has 2 aromatic carbocycles. The molecule has 1 atom stereocenters. The second-order valence-electron chi connectivity index (χ2n) is 7.41. The van der Waals surface area contributed by atoms with Gasteiger partial charge in [-0.15, -0.1) is 0 Å². The van der Waals surface area contributed by atoms with Gasteiger partial charge in [-0.3, -0.25) is 14.6 Å². The summed E-state index contributed by atoms with van der Waals surface area (Å²) in [5, 5.41) is 2.55. The number of H-pyrrole nitrogens is 1. The van der Waals surface area contributed by atoms with Crippen LogP contribution >= 0.6 is 0 Å². The Bertz CT molecular complexity index is 1190. The highest BCUT2D eigenvalue weighted by Crippen LogP contribution is 2.23. The second-order valence-corrected chi connectivity index (χ2v) is 7.41. The molecule has 0 aliphatic carbocycles. The number of benzene rings is 2. The maximum absolute atomic E-state index is 13.5. The first-order valence-electron chi connectivity index (χ1n) is 9.58. The van der Waals surface area contributed by atoms with Crippen molar-refractivity contribution in [1.82, 2.24) is 9.88 Å². The molecule has 30 heavy (non-hydrogen) atoms. The van der Waals surface area contributed by atoms with E-state index in [1.165, 1.54) is 17.0 Å². The van der Waals surface area contributed by atoms with Crippen LogP contribution in [0.5, 0.6) is 0 Å². The van der Waals surface area contributed by atoms with Gasteiger partial charge in [-0.25, -0.2) is 9.18 Å². The number of oxazole rings is 1. The highest BCUT2D eigenvalue weighted by molar-refractivity contribution is 6.39. The smallest absolute Gasteiger partial charge is 0.408 e. The van der Waals surface area contributed by atoms with E-state index in [1.54, 1.807) is 31.2 Å². The topological polar surface area (TPSA) is 98.6 Å². The molecule has 9 heteroatoms. The fraction of sp³-hybridized carbons (Fsp3) is 0.286. The fourth-order valence-corrected chi connectivity index (χ4v) is 3.68. The van der Waals surface area contributed by atoms with E-state index < -0.39 is 17.6 Å². The number of carbonyl (C=O) groups excluding carboxylic acids is 2. The molecular formula is C21H21FN4O4. The van der Waals surface area contributed by atoms with Crippen molar-refractivity contribution in [3.63, 3.8) is 0 Å². The van der Waals surface area contributed by atoms with Gasteiger partial charge in [0, 0.05) is 43.1 Å². The minimum absolute atomic E-state index is 0.0363. The number of hydrogen-bond acceptors (Lipinski definition) is 5. The minimum Gasteiger partial charge on any atom is -0.408 e. The third-order valence-corrected chi connectivity index (χ3v) is 5.26. The normalized spacial score (nSPS) is 16.7. The largest absolute Gasteiger partial charge is 0.417 e. The molecular weight excluding hydrogens is 391 g/mol. The first-order valence-corrected chi connectivity index (χ1v) is 9.58. The SMILES string of the molecule is Cc1cc(N2CCN(C(=O)C(=O)Nc3ccc4[nH]c(=O)oc4c3)C[C@H]2C)ccc1F. The zero-order chi connectivity index (χ0) is 21.4. The van der Waals surface area contributed by atoms with Gasteiger partial charge < -0.3 is 19.5 Å². The molecule has 1 fully saturated rings. The van der Waals surface area contributed by atoms with E-state index in [1.807, 2.05) is 6.92 Å². The third-order valence-electron chi connectivity index (χ3n) is 5.26. The van der Waals surface area contributed by atoms with Gasteiger partial charge in [0.2, 0.25) is 0 Å². The van der Waals surface area contributed by atoms with Crippen LogP contribution in [0.2, 0.25) is 0 Å². The lowest BCUT2D eigenvalue weighted by atomic mass is 10.1. The van der Waals surface area contributed by atoms with Crippen molar-refractivity contribution in [3.8, 4) is 0 Å². The van der Waals surface area contributed by atoms with Crippen LogP contribution in [-0.4, -0.2) is 47.4 Å². The summed E-state index contributed by atoms with van der Waals surface area (Å²) in [7, 11) is 0. The van der Waals surface area contributed by atoms with Gasteiger partial charge in [-0.1, -0.05) is 0 Å². The number of halogens is 1. The van der Waals surface area contributed by atoms with Crippen LogP contribution in [0.25, 0.3) is 11.1 Å². The van der Waals surface area contributed by atoms with Gasteiger partial charge in [0.05, 0.1) is 5.52 Å². The Morgan fingerprint density at radius 3 is 2.73 bits per heavy atom. The van der Waals surface area contributed by atoms with Gasteiger partial charge in [0.1, 0.15) is 5.82 Å². The second kappa shape index (κ2) is 7.66. The number of aryl methyl sites for hydroxylation is 1. The highest BCUT2D eigenvalue weighted by Gasteiger charge is 2.30. The quantitative estimate of drug-likeness (QED) is 0.629. The van der Waals surface area contributed by atoms with Crippen molar-refractivity contribution in [1.29, 1.82) is 0 Å². The molecule has 0 radical (unpaired) electrons. The number of anilines is 2. The van der Waals surface area contributed by atoms with Crippen LogP contribution in [0, 0.1) is 12.7 Å². The van der Waals surface area contributed by atoms with E-state index >= 15 is 0 Å². The molecule has 156 valence electrons. The van der Waals surface area contributed by atoms with Crippen LogP contribution < -0.4 is 16.0 Å². The molecule has 2 heterocycles. The Morgan fingerprint density at radius 1 is 1.20 bits per heavy atom. The molecule has 4 rings (SSSR count). The summed E-state index contributed by atoms with van der Waals surface area (Å²) in [5.74, 6) is -2.24. The van der Waals surface area contributed by atoms with Gasteiger partial charge in [-0.2, -0.15) is 0 Å². The molecule has 2 amide bonds. The number of hydrogen-bond donors (Lipinski definition) is 2. The maximum atomic E-state index is 13.5. The van der Waals surface area contributed by atoms with Gasteiger partial charge >= 0.3 is 17.6 Å². The van der Waals surface area contributed by atoms with Crippen LogP contribution in [0.4, 0.5) is 15.8 Å². The predicted octanol–water partition coefficient (Wildman–Crippen LogP) is 2.24. The third kappa shape index (κ3) is 3.78. The summed E-state index contributed by atoms with van der Waals surface area (Å²) >= 11 is 0. The summed E-state index contributed by atoms with van der Waals surface area (Å²) in [6, 6.07) is 9.55. The molecule has 1 aliphatic heterocycles. The molecule has 3 aromatic rings. The number of aromatic nitrogens is 1. The van der Waals surface area contributed by atoms with Gasteiger partial charge in [-0.05, 0) is 49.7 Å². The van der Waals surface area contributed by atoms with E-state index in [0.29, 0.717) is 42.0 Å². The molecule has 0 unspecified atom stereocenters. The average Bonchev–Trinajstić information content (AvgIpc) is 3.08. The summed E-state index contributed by atoms with van der Waals surface area (Å²) in [4.78, 5) is 42.4. The number of nitrogens with one attached hydrogen (secondary N) is 2. The monoisotopic (exact) mass is 412 g/mol. The lowest BCUT2D eigenvalue weighted by Gasteiger charge is -2.41. The Hall–Kier alpha value is -3.62. The summed E-state index contributed by atoms with van der Waals surface area (Å²) in [6.07, 6.45) is 0. The Labute approximate surface area is 171 Å². The van der Waals surface area contributed by atoms with Gasteiger partial charge in [0.25, 0.3) is 0 Å². The molecule has 2 N–H and O–H groups in total. The van der Waals surface area contributed by atoms with Crippen molar-refractivity contribution < 1.29 is 18.4 Å². The number of amides is 2. The van der Waals surface area contributed by atoms with Crippen LogP contribution in [0.3, 0.4) is 0 Å². The Morgan fingerprint density at radius 2 is 2.00 bits per heavy atom. The lowest BCUT2D eigenvalue weighted by molar-refractivity contribution is -0.143.